The number of carbonyl (C=O) groups excluding carboxylic acids is 1. The molecule has 0 spiro atoms. The number of unbranched alkanes of at least 4 members (excludes halogenated alkanes) is 4. The van der Waals surface area contributed by atoms with Crippen molar-refractivity contribution in [3.05, 3.63) is 41.7 Å². The lowest BCUT2D eigenvalue weighted by atomic mass is 10.1. The van der Waals surface area contributed by atoms with Gasteiger partial charge in [0.05, 0.1) is 5.71 Å². The zero-order valence-corrected chi connectivity index (χ0v) is 13.4. The Bertz CT molecular complexity index is 524. The molecule has 1 N–H and O–H groups in total. The fraction of sp³-hybridized carbons (Fsp3) is 0.444. The third-order valence-corrected chi connectivity index (χ3v) is 3.27. The van der Waals surface area contributed by atoms with Gasteiger partial charge in [-0.3, -0.25) is 4.79 Å². The average Bonchev–Trinajstić information content (AvgIpc) is 2.52. The number of hydrogen-bond donors (Lipinski definition) is 1. The second kappa shape index (κ2) is 10.7. The van der Waals surface area contributed by atoms with Gasteiger partial charge in [-0.05, 0) is 25.5 Å². The average molecular weight is 304 g/mol. The molecule has 1 rings (SSSR count). The van der Waals surface area contributed by atoms with Crippen LogP contribution in [0.4, 0.5) is 4.39 Å². The molecule has 0 unspecified atom stereocenters. The number of rotatable bonds is 9. The predicted octanol–water partition coefficient (Wildman–Crippen LogP) is 4.69. The van der Waals surface area contributed by atoms with Gasteiger partial charge in [-0.15, -0.1) is 0 Å². The molecular formula is C18H25FN2O. The van der Waals surface area contributed by atoms with Crippen LogP contribution in [0.3, 0.4) is 0 Å². The minimum Gasteiger partial charge on any atom is -0.273 e. The lowest BCUT2D eigenvalue weighted by Gasteiger charge is -2.01. The molecule has 0 atom stereocenters. The van der Waals surface area contributed by atoms with E-state index in [1.54, 1.807) is 37.3 Å². The third-order valence-electron chi connectivity index (χ3n) is 3.27. The van der Waals surface area contributed by atoms with Gasteiger partial charge >= 0.3 is 0 Å². The molecule has 0 bridgehead atoms. The molecule has 4 heteroatoms. The fourth-order valence-electron chi connectivity index (χ4n) is 1.95. The van der Waals surface area contributed by atoms with Gasteiger partial charge in [-0.2, -0.15) is 5.10 Å². The van der Waals surface area contributed by atoms with Gasteiger partial charge in [0, 0.05) is 12.0 Å². The maximum absolute atomic E-state index is 13.4. The number of amides is 1. The summed E-state index contributed by atoms with van der Waals surface area (Å²) in [7, 11) is 0. The van der Waals surface area contributed by atoms with Crippen LogP contribution in [-0.4, -0.2) is 11.6 Å². The molecule has 1 aromatic rings. The number of allylic oxidation sites excluding steroid dienone is 1. The first kappa shape index (κ1) is 18.1. The van der Waals surface area contributed by atoms with E-state index in [-0.39, 0.29) is 11.7 Å². The highest BCUT2D eigenvalue weighted by Crippen LogP contribution is 2.08. The van der Waals surface area contributed by atoms with Crippen molar-refractivity contribution in [3.63, 3.8) is 0 Å². The van der Waals surface area contributed by atoms with Crippen molar-refractivity contribution in [2.45, 2.75) is 52.4 Å². The summed E-state index contributed by atoms with van der Waals surface area (Å²) >= 11 is 0. The van der Waals surface area contributed by atoms with Crippen LogP contribution in [0.1, 0.15) is 57.9 Å². The summed E-state index contributed by atoms with van der Waals surface area (Å²) in [6.07, 6.45) is 9.40. The van der Waals surface area contributed by atoms with Crippen LogP contribution < -0.4 is 5.43 Å². The Morgan fingerprint density at radius 1 is 1.23 bits per heavy atom. The van der Waals surface area contributed by atoms with E-state index in [0.29, 0.717) is 17.7 Å². The number of nitrogens with zero attached hydrogens (tertiary/aromatic N) is 1. The highest BCUT2D eigenvalue weighted by Gasteiger charge is 1.99. The van der Waals surface area contributed by atoms with Crippen LogP contribution in [0.5, 0.6) is 0 Å². The molecule has 0 aliphatic rings. The number of benzene rings is 1. The maximum Gasteiger partial charge on any atom is 0.240 e. The topological polar surface area (TPSA) is 41.5 Å². The standard InChI is InChI=1S/C18H25FN2O/c1-3-4-5-6-7-12-18(22)21-20-15(2)13-14-16-10-8-9-11-17(16)19/h8-11,13-14H,3-7,12H2,1-2H3,(H,21,22)/b14-13+,20-15+. The number of halogens is 1. The molecule has 0 aliphatic carbocycles. The largest absolute Gasteiger partial charge is 0.273 e. The number of nitrogens with one attached hydrogen (secondary N) is 1. The zero-order valence-electron chi connectivity index (χ0n) is 13.4. The second-order valence-electron chi connectivity index (χ2n) is 5.31. The van der Waals surface area contributed by atoms with Crippen LogP contribution >= 0.6 is 0 Å². The van der Waals surface area contributed by atoms with Gasteiger partial charge in [-0.25, -0.2) is 9.82 Å². The van der Waals surface area contributed by atoms with Crippen LogP contribution in [0.25, 0.3) is 6.08 Å². The lowest BCUT2D eigenvalue weighted by molar-refractivity contribution is -0.121. The number of hydrazone groups is 1. The molecule has 1 aromatic carbocycles. The van der Waals surface area contributed by atoms with E-state index in [1.807, 2.05) is 0 Å². The summed E-state index contributed by atoms with van der Waals surface area (Å²) in [4.78, 5) is 11.6. The Morgan fingerprint density at radius 3 is 2.68 bits per heavy atom. The molecule has 0 saturated carbocycles. The zero-order chi connectivity index (χ0) is 16.2. The van der Waals surface area contributed by atoms with Crippen molar-refractivity contribution in [2.24, 2.45) is 5.10 Å². The lowest BCUT2D eigenvalue weighted by Crippen LogP contribution is -2.18. The monoisotopic (exact) mass is 304 g/mol. The Hall–Kier alpha value is -1.97. The first-order chi connectivity index (χ1) is 10.6. The van der Waals surface area contributed by atoms with E-state index in [4.69, 9.17) is 0 Å². The van der Waals surface area contributed by atoms with E-state index in [2.05, 4.69) is 17.5 Å². The van der Waals surface area contributed by atoms with Gasteiger partial charge in [0.2, 0.25) is 5.91 Å². The van der Waals surface area contributed by atoms with E-state index < -0.39 is 0 Å². The minimum absolute atomic E-state index is 0.0739. The van der Waals surface area contributed by atoms with Crippen molar-refractivity contribution in [3.8, 4) is 0 Å². The van der Waals surface area contributed by atoms with E-state index >= 15 is 0 Å². The summed E-state index contributed by atoms with van der Waals surface area (Å²) in [6, 6.07) is 6.52. The van der Waals surface area contributed by atoms with Crippen molar-refractivity contribution < 1.29 is 9.18 Å². The molecule has 0 radical (unpaired) electrons. The smallest absolute Gasteiger partial charge is 0.240 e. The number of hydrogen-bond acceptors (Lipinski definition) is 2. The Morgan fingerprint density at radius 2 is 1.95 bits per heavy atom. The first-order valence-electron chi connectivity index (χ1n) is 7.89. The van der Waals surface area contributed by atoms with Gasteiger partial charge in [0.1, 0.15) is 5.82 Å². The molecule has 120 valence electrons. The van der Waals surface area contributed by atoms with Crippen molar-refractivity contribution in [1.29, 1.82) is 0 Å². The van der Waals surface area contributed by atoms with Gasteiger partial charge < -0.3 is 0 Å². The van der Waals surface area contributed by atoms with E-state index in [1.165, 1.54) is 25.3 Å². The molecule has 1 amide bonds. The van der Waals surface area contributed by atoms with E-state index in [9.17, 15) is 9.18 Å². The first-order valence-corrected chi connectivity index (χ1v) is 7.89. The summed E-state index contributed by atoms with van der Waals surface area (Å²) in [5.74, 6) is -0.349. The van der Waals surface area contributed by atoms with Crippen LogP contribution in [0, 0.1) is 5.82 Å². The third kappa shape index (κ3) is 7.72. The molecule has 0 saturated heterocycles. The van der Waals surface area contributed by atoms with Crippen LogP contribution in [0.2, 0.25) is 0 Å². The maximum atomic E-state index is 13.4. The van der Waals surface area contributed by atoms with Gasteiger partial charge in [-0.1, -0.05) is 56.9 Å². The van der Waals surface area contributed by atoms with Gasteiger partial charge in [0.25, 0.3) is 0 Å². The van der Waals surface area contributed by atoms with Crippen LogP contribution in [-0.2, 0) is 4.79 Å². The Kier molecular flexibility index (Phi) is 8.80. The highest BCUT2D eigenvalue weighted by atomic mass is 19.1. The van der Waals surface area contributed by atoms with Crippen molar-refractivity contribution in [1.82, 2.24) is 5.43 Å². The minimum atomic E-state index is -0.275. The molecule has 0 fully saturated rings. The summed E-state index contributed by atoms with van der Waals surface area (Å²) < 4.78 is 13.4. The summed E-state index contributed by atoms with van der Waals surface area (Å²) in [6.45, 7) is 3.93. The predicted molar refractivity (Wildman–Crippen MR) is 90.1 cm³/mol. The van der Waals surface area contributed by atoms with Crippen molar-refractivity contribution in [2.75, 3.05) is 0 Å². The SMILES string of the molecule is CCCCCCCC(=O)N/N=C(C)/C=C/c1ccccc1F. The van der Waals surface area contributed by atoms with Crippen LogP contribution in [0.15, 0.2) is 35.4 Å². The molecule has 22 heavy (non-hydrogen) atoms. The number of carbonyl (C=O) groups is 1. The second-order valence-corrected chi connectivity index (χ2v) is 5.31. The fourth-order valence-corrected chi connectivity index (χ4v) is 1.95. The van der Waals surface area contributed by atoms with Gasteiger partial charge in [0.15, 0.2) is 0 Å². The Balaban J connectivity index is 2.33. The molecule has 0 aromatic heterocycles. The molecule has 0 heterocycles. The molecule has 0 aliphatic heterocycles. The van der Waals surface area contributed by atoms with E-state index in [0.717, 1.165) is 12.8 Å². The van der Waals surface area contributed by atoms with Crippen molar-refractivity contribution >= 4 is 17.7 Å². The highest BCUT2D eigenvalue weighted by molar-refractivity contribution is 5.96. The summed E-state index contributed by atoms with van der Waals surface area (Å²) in [5.41, 5.74) is 3.65. The quantitative estimate of drug-likeness (QED) is 0.401. The molecular weight excluding hydrogens is 279 g/mol. The Labute approximate surface area is 132 Å². The normalized spacial score (nSPS) is 11.9. The summed E-state index contributed by atoms with van der Waals surface area (Å²) in [5, 5.41) is 3.99. The molecule has 3 nitrogen and oxygen atoms in total.